The van der Waals surface area contributed by atoms with E-state index < -0.39 is 29.6 Å². The Balaban J connectivity index is 1.32. The normalized spacial score (nSPS) is 36.3. The molecule has 38 heavy (non-hydrogen) atoms. The van der Waals surface area contributed by atoms with Crippen LogP contribution in [0.4, 0.5) is 5.69 Å². The first-order chi connectivity index (χ1) is 18.4. The van der Waals surface area contributed by atoms with Gasteiger partial charge in [0.05, 0.1) is 25.0 Å². The second-order valence-corrected chi connectivity index (χ2v) is 11.8. The van der Waals surface area contributed by atoms with Crippen molar-refractivity contribution < 1.29 is 23.9 Å². The lowest BCUT2D eigenvalue weighted by Gasteiger charge is -2.42. The number of nitrogens with one attached hydrogen (secondary N) is 2. The van der Waals surface area contributed by atoms with Gasteiger partial charge in [0.2, 0.25) is 17.7 Å². The second-order valence-electron chi connectivity index (χ2n) is 11.8. The smallest absolute Gasteiger partial charge is 0.246 e. The molecule has 7 atom stereocenters. The first kappa shape index (κ1) is 25.4. The number of carbonyl (C=O) groups excluding carboxylic acids is 3. The summed E-state index contributed by atoms with van der Waals surface area (Å²) in [6.07, 6.45) is 12.7. The fourth-order valence-electron chi connectivity index (χ4n) is 7.73. The van der Waals surface area contributed by atoms with Crippen LogP contribution in [0.3, 0.4) is 0 Å². The molecule has 8 nitrogen and oxygen atoms in total. The lowest BCUT2D eigenvalue weighted by Crippen LogP contribution is -2.59. The summed E-state index contributed by atoms with van der Waals surface area (Å²) in [5, 5.41) is 6.27. The molecule has 4 fully saturated rings. The molecule has 1 aromatic rings. The highest BCUT2D eigenvalue weighted by molar-refractivity contribution is 6.03. The van der Waals surface area contributed by atoms with Crippen LogP contribution in [-0.4, -0.2) is 59.6 Å². The van der Waals surface area contributed by atoms with E-state index in [2.05, 4.69) is 17.6 Å². The zero-order valence-corrected chi connectivity index (χ0v) is 22.4. The topological polar surface area (TPSA) is 97.0 Å². The van der Waals surface area contributed by atoms with Crippen molar-refractivity contribution in [1.29, 1.82) is 0 Å². The molecule has 2 bridgehead atoms. The molecule has 2 aliphatic carbocycles. The highest BCUT2D eigenvalue weighted by Crippen LogP contribution is 2.56. The Morgan fingerprint density at radius 1 is 1.05 bits per heavy atom. The summed E-state index contributed by atoms with van der Waals surface area (Å²) in [6.45, 7) is 2.18. The Labute approximate surface area is 224 Å². The van der Waals surface area contributed by atoms with E-state index in [1.54, 1.807) is 19.2 Å². The minimum atomic E-state index is -1.12. The number of anilines is 1. The van der Waals surface area contributed by atoms with Gasteiger partial charge in [-0.25, -0.2) is 0 Å². The number of nitrogens with zero attached hydrogens (tertiary/aromatic N) is 1. The quantitative estimate of drug-likeness (QED) is 0.555. The maximum absolute atomic E-state index is 14.3. The number of rotatable bonds is 6. The van der Waals surface area contributed by atoms with E-state index in [0.29, 0.717) is 11.4 Å². The third kappa shape index (κ3) is 4.12. The Morgan fingerprint density at radius 2 is 1.82 bits per heavy atom. The molecule has 0 radical (unpaired) electrons. The van der Waals surface area contributed by atoms with Crippen LogP contribution in [0, 0.1) is 17.8 Å². The van der Waals surface area contributed by atoms with Crippen molar-refractivity contribution in [2.75, 3.05) is 12.4 Å². The van der Waals surface area contributed by atoms with Gasteiger partial charge in [0, 0.05) is 23.8 Å². The van der Waals surface area contributed by atoms with Gasteiger partial charge in [-0.1, -0.05) is 57.2 Å². The Kier molecular flexibility index (Phi) is 6.70. The van der Waals surface area contributed by atoms with Crippen LogP contribution in [0.15, 0.2) is 36.4 Å². The lowest BCUT2D eigenvalue weighted by atomic mass is 9.74. The van der Waals surface area contributed by atoms with E-state index in [9.17, 15) is 14.4 Å². The number of likely N-dealkylation sites (tertiary alicyclic amines) is 1. The number of hydrogen-bond acceptors (Lipinski definition) is 5. The number of carbonyl (C=O) groups is 3. The fraction of sp³-hybridized carbons (Fsp3) is 0.633. The number of ether oxygens (including phenoxy) is 2. The minimum absolute atomic E-state index is 0.0310. The fourth-order valence-corrected chi connectivity index (χ4v) is 7.73. The third-order valence-electron chi connectivity index (χ3n) is 9.58. The Morgan fingerprint density at radius 3 is 2.58 bits per heavy atom. The van der Waals surface area contributed by atoms with E-state index in [0.717, 1.165) is 51.4 Å². The number of benzene rings is 1. The van der Waals surface area contributed by atoms with Crippen LogP contribution in [-0.2, 0) is 19.1 Å². The summed E-state index contributed by atoms with van der Waals surface area (Å²) in [6, 6.07) is 6.51. The molecule has 1 aromatic carbocycles. The maximum Gasteiger partial charge on any atom is 0.246 e. The molecule has 8 heteroatoms. The third-order valence-corrected chi connectivity index (χ3v) is 9.58. The molecular formula is C30H39N3O5. The largest absolute Gasteiger partial charge is 0.497 e. The molecule has 2 saturated heterocycles. The van der Waals surface area contributed by atoms with E-state index in [1.165, 1.54) is 6.42 Å². The number of amides is 3. The molecule has 3 amide bonds. The molecule has 1 spiro atoms. The van der Waals surface area contributed by atoms with Crippen LogP contribution in [0.1, 0.15) is 64.7 Å². The molecule has 3 aliphatic heterocycles. The summed E-state index contributed by atoms with van der Waals surface area (Å²) in [5.74, 6) is -1.02. The molecule has 5 aliphatic rings. The maximum atomic E-state index is 14.3. The summed E-state index contributed by atoms with van der Waals surface area (Å²) in [4.78, 5) is 43.9. The highest BCUT2D eigenvalue weighted by atomic mass is 16.5. The number of fused-ring (bicyclic) bond motifs is 1. The monoisotopic (exact) mass is 521 g/mol. The molecule has 0 aromatic heterocycles. The van der Waals surface area contributed by atoms with Gasteiger partial charge in [-0.3, -0.25) is 14.4 Å². The second kappa shape index (κ2) is 10.0. The van der Waals surface area contributed by atoms with Crippen molar-refractivity contribution in [3.05, 3.63) is 36.4 Å². The predicted octanol–water partition coefficient (Wildman–Crippen LogP) is 3.81. The lowest BCUT2D eigenvalue weighted by molar-refractivity contribution is -0.146. The van der Waals surface area contributed by atoms with Crippen molar-refractivity contribution in [2.24, 2.45) is 17.8 Å². The first-order valence-corrected chi connectivity index (χ1v) is 14.4. The van der Waals surface area contributed by atoms with Gasteiger partial charge in [-0.05, 0) is 43.7 Å². The number of methoxy groups -OCH3 is 1. The van der Waals surface area contributed by atoms with Crippen molar-refractivity contribution >= 4 is 23.4 Å². The van der Waals surface area contributed by atoms with E-state index in [1.807, 2.05) is 29.2 Å². The van der Waals surface area contributed by atoms with Gasteiger partial charge in [0.25, 0.3) is 0 Å². The molecule has 204 valence electrons. The predicted molar refractivity (Wildman–Crippen MR) is 142 cm³/mol. The molecule has 2 N–H and O–H groups in total. The van der Waals surface area contributed by atoms with Crippen molar-refractivity contribution in [1.82, 2.24) is 10.2 Å². The summed E-state index contributed by atoms with van der Waals surface area (Å²) >= 11 is 0. The van der Waals surface area contributed by atoms with Crippen molar-refractivity contribution in [2.45, 2.75) is 94.5 Å². The first-order valence-electron chi connectivity index (χ1n) is 14.4. The highest BCUT2D eigenvalue weighted by Gasteiger charge is 2.73. The standard InChI is InChI=1S/C30H39N3O5/c1-18-9-6-7-14-22(18)33-26(28(35)31-19-10-4-3-5-11-19)30-16-15-23(38-30)24(25(30)29(33)36)27(34)32-20-12-8-13-21(17-20)37-2/h8,12-13,15-19,22-26H,3-7,9-11,14H2,1-2H3,(H,31,35)(H,32,34)/t18?,22?,23-,24?,25-,26?,30?/m1/s1. The van der Waals surface area contributed by atoms with Gasteiger partial charge in [-0.15, -0.1) is 0 Å². The summed E-state index contributed by atoms with van der Waals surface area (Å²) in [5.41, 5.74) is -0.515. The molecule has 3 heterocycles. The zero-order valence-electron chi connectivity index (χ0n) is 22.4. The SMILES string of the molecule is COc1cccc(NC(=O)C2[C@H]3C=CC4(O3)C(C(=O)NC3CCCCC3)N(C3CCCCC3C)C(=O)[C@@H]24)c1. The molecular weight excluding hydrogens is 482 g/mol. The van der Waals surface area contributed by atoms with Crippen molar-refractivity contribution in [3.8, 4) is 5.75 Å². The van der Waals surface area contributed by atoms with E-state index >= 15 is 0 Å². The molecule has 6 rings (SSSR count). The summed E-state index contributed by atoms with van der Waals surface area (Å²) < 4.78 is 11.8. The van der Waals surface area contributed by atoms with Gasteiger partial charge in [0.1, 0.15) is 17.4 Å². The van der Waals surface area contributed by atoms with Crippen LogP contribution >= 0.6 is 0 Å². The van der Waals surface area contributed by atoms with Crippen LogP contribution in [0.25, 0.3) is 0 Å². The minimum Gasteiger partial charge on any atom is -0.497 e. The Hall–Kier alpha value is -2.87. The molecule has 2 saturated carbocycles. The van der Waals surface area contributed by atoms with Gasteiger partial charge in [0.15, 0.2) is 0 Å². The number of hydrogen-bond donors (Lipinski definition) is 2. The van der Waals surface area contributed by atoms with E-state index in [-0.39, 0.29) is 35.7 Å². The van der Waals surface area contributed by atoms with Crippen LogP contribution < -0.4 is 15.4 Å². The summed E-state index contributed by atoms with van der Waals surface area (Å²) in [7, 11) is 1.58. The van der Waals surface area contributed by atoms with Gasteiger partial charge in [-0.2, -0.15) is 0 Å². The average Bonchev–Trinajstić information content (AvgIpc) is 3.57. The van der Waals surface area contributed by atoms with Crippen molar-refractivity contribution in [3.63, 3.8) is 0 Å². The van der Waals surface area contributed by atoms with Gasteiger partial charge >= 0.3 is 0 Å². The molecule has 5 unspecified atom stereocenters. The van der Waals surface area contributed by atoms with E-state index in [4.69, 9.17) is 9.47 Å². The zero-order chi connectivity index (χ0) is 26.4. The van der Waals surface area contributed by atoms with Crippen LogP contribution in [0.5, 0.6) is 5.75 Å². The Bertz CT molecular complexity index is 1130. The van der Waals surface area contributed by atoms with Crippen LogP contribution in [0.2, 0.25) is 0 Å². The average molecular weight is 522 g/mol. The van der Waals surface area contributed by atoms with Gasteiger partial charge < -0.3 is 25.0 Å².